The summed E-state index contributed by atoms with van der Waals surface area (Å²) in [5.74, 6) is -0.726. The standard InChI is InChI=1S/C19H22N2O7S2/c1-12-9-14(21-19(22)13(2)11-29(21,23)24)5-8-18(12)30(25,26)20-16-10-15(27-3)6-7-17(16)28-4/h5-10,13,20H,11H2,1-4H3. The highest BCUT2D eigenvalue weighted by Crippen LogP contribution is 2.33. The van der Waals surface area contributed by atoms with Crippen molar-refractivity contribution in [3.63, 3.8) is 0 Å². The van der Waals surface area contributed by atoms with Gasteiger partial charge in [-0.05, 0) is 42.8 Å². The summed E-state index contributed by atoms with van der Waals surface area (Å²) in [6.07, 6.45) is 0. The average molecular weight is 455 g/mol. The van der Waals surface area contributed by atoms with Gasteiger partial charge in [0.15, 0.2) is 0 Å². The quantitative estimate of drug-likeness (QED) is 0.710. The smallest absolute Gasteiger partial charge is 0.262 e. The van der Waals surface area contributed by atoms with Gasteiger partial charge in [-0.15, -0.1) is 0 Å². The first-order valence-corrected chi connectivity index (χ1v) is 12.0. The van der Waals surface area contributed by atoms with E-state index in [1.807, 2.05) is 0 Å². The number of hydrogen-bond donors (Lipinski definition) is 1. The number of nitrogens with one attached hydrogen (secondary N) is 1. The molecule has 0 aromatic heterocycles. The number of amides is 1. The van der Waals surface area contributed by atoms with Gasteiger partial charge in [0.2, 0.25) is 15.9 Å². The Balaban J connectivity index is 1.98. The minimum Gasteiger partial charge on any atom is -0.497 e. The number of anilines is 2. The summed E-state index contributed by atoms with van der Waals surface area (Å²) in [7, 11) is -4.95. The summed E-state index contributed by atoms with van der Waals surface area (Å²) in [6, 6.07) is 8.62. The highest BCUT2D eigenvalue weighted by Gasteiger charge is 2.42. The monoisotopic (exact) mass is 454 g/mol. The number of carbonyl (C=O) groups excluding carboxylic acids is 1. The Morgan fingerprint density at radius 2 is 1.80 bits per heavy atom. The van der Waals surface area contributed by atoms with Gasteiger partial charge >= 0.3 is 0 Å². The fraction of sp³-hybridized carbons (Fsp3) is 0.316. The highest BCUT2D eigenvalue weighted by atomic mass is 32.2. The van der Waals surface area contributed by atoms with Crippen LogP contribution in [0.15, 0.2) is 41.3 Å². The first-order valence-electron chi connectivity index (χ1n) is 8.92. The van der Waals surface area contributed by atoms with Crippen LogP contribution in [0.5, 0.6) is 11.5 Å². The number of benzene rings is 2. The number of hydrogen-bond acceptors (Lipinski definition) is 7. The molecule has 0 spiro atoms. The third-order valence-corrected chi connectivity index (χ3v) is 8.09. The Labute approximate surface area is 175 Å². The minimum absolute atomic E-state index is 0.0618. The second-order valence-corrected chi connectivity index (χ2v) is 10.4. The second kappa shape index (κ2) is 7.80. The summed E-state index contributed by atoms with van der Waals surface area (Å²) in [5, 5.41) is 0. The molecular formula is C19H22N2O7S2. The van der Waals surface area contributed by atoms with Gasteiger partial charge in [-0.3, -0.25) is 9.52 Å². The Bertz CT molecular complexity index is 1210. The van der Waals surface area contributed by atoms with Crippen molar-refractivity contribution in [2.45, 2.75) is 18.7 Å². The van der Waals surface area contributed by atoms with Crippen LogP contribution in [-0.4, -0.2) is 42.7 Å². The lowest BCUT2D eigenvalue weighted by Gasteiger charge is -2.18. The van der Waals surface area contributed by atoms with Crippen molar-refractivity contribution >= 4 is 37.3 Å². The lowest BCUT2D eigenvalue weighted by atomic mass is 10.2. The van der Waals surface area contributed by atoms with Crippen LogP contribution >= 0.6 is 0 Å². The molecule has 1 amide bonds. The highest BCUT2D eigenvalue weighted by molar-refractivity contribution is 7.94. The molecule has 11 heteroatoms. The number of rotatable bonds is 6. The number of nitrogens with zero attached hydrogens (tertiary/aromatic N) is 1. The molecule has 1 saturated heterocycles. The SMILES string of the molecule is COc1ccc(OC)c(NS(=O)(=O)c2ccc(N3C(=O)C(C)CS3(=O)=O)cc2C)c1. The number of aryl methyl sites for hydroxylation is 1. The lowest BCUT2D eigenvalue weighted by molar-refractivity contribution is -0.119. The second-order valence-electron chi connectivity index (χ2n) is 6.90. The van der Waals surface area contributed by atoms with E-state index < -0.39 is 31.9 Å². The van der Waals surface area contributed by atoms with Crippen molar-refractivity contribution in [3.8, 4) is 11.5 Å². The zero-order valence-electron chi connectivity index (χ0n) is 16.9. The van der Waals surface area contributed by atoms with Crippen LogP contribution in [0.1, 0.15) is 12.5 Å². The van der Waals surface area contributed by atoms with Crippen LogP contribution in [0.3, 0.4) is 0 Å². The topological polar surface area (TPSA) is 119 Å². The van der Waals surface area contributed by atoms with Crippen molar-refractivity contribution in [2.24, 2.45) is 5.92 Å². The zero-order valence-corrected chi connectivity index (χ0v) is 18.5. The largest absolute Gasteiger partial charge is 0.497 e. The number of sulfonamides is 2. The van der Waals surface area contributed by atoms with E-state index in [4.69, 9.17) is 9.47 Å². The lowest BCUT2D eigenvalue weighted by Crippen LogP contribution is -2.30. The third-order valence-electron chi connectivity index (χ3n) is 4.69. The predicted octanol–water partition coefficient (Wildman–Crippen LogP) is 2.13. The zero-order chi connectivity index (χ0) is 22.3. The van der Waals surface area contributed by atoms with E-state index in [9.17, 15) is 21.6 Å². The molecule has 0 aliphatic carbocycles. The molecule has 0 saturated carbocycles. The van der Waals surface area contributed by atoms with Gasteiger partial charge < -0.3 is 9.47 Å². The first-order chi connectivity index (χ1) is 14.0. The summed E-state index contributed by atoms with van der Waals surface area (Å²) < 4.78 is 64.0. The molecule has 0 radical (unpaired) electrons. The minimum atomic E-state index is -4.03. The van der Waals surface area contributed by atoms with Gasteiger partial charge in [-0.1, -0.05) is 6.92 Å². The molecule has 1 fully saturated rings. The molecule has 3 rings (SSSR count). The molecule has 1 heterocycles. The van der Waals surface area contributed by atoms with Gasteiger partial charge in [0.25, 0.3) is 10.0 Å². The van der Waals surface area contributed by atoms with Gasteiger partial charge in [0.05, 0.1) is 42.2 Å². The normalized spacial score (nSPS) is 18.3. The molecule has 2 aromatic rings. The van der Waals surface area contributed by atoms with Crippen molar-refractivity contribution in [2.75, 3.05) is 29.0 Å². The van der Waals surface area contributed by atoms with Crippen LogP contribution in [0, 0.1) is 12.8 Å². The number of ether oxygens (including phenoxy) is 2. The van der Waals surface area contributed by atoms with E-state index in [2.05, 4.69) is 4.72 Å². The maximum Gasteiger partial charge on any atom is 0.262 e. The van der Waals surface area contributed by atoms with Crippen molar-refractivity contribution in [1.82, 2.24) is 0 Å². The molecule has 162 valence electrons. The molecular weight excluding hydrogens is 432 g/mol. The molecule has 1 aliphatic rings. The number of methoxy groups -OCH3 is 2. The average Bonchev–Trinajstić information content (AvgIpc) is 2.87. The number of carbonyl (C=O) groups is 1. The van der Waals surface area contributed by atoms with E-state index in [1.165, 1.54) is 52.3 Å². The Kier molecular flexibility index (Phi) is 5.70. The van der Waals surface area contributed by atoms with Crippen molar-refractivity contribution in [3.05, 3.63) is 42.0 Å². The van der Waals surface area contributed by atoms with Crippen molar-refractivity contribution in [1.29, 1.82) is 0 Å². The molecule has 1 N–H and O–H groups in total. The molecule has 0 bridgehead atoms. The first kappa shape index (κ1) is 21.9. The van der Waals surface area contributed by atoms with E-state index >= 15 is 0 Å². The van der Waals surface area contributed by atoms with Crippen molar-refractivity contribution < 1.29 is 31.1 Å². The van der Waals surface area contributed by atoms with Crippen LogP contribution in [0.4, 0.5) is 11.4 Å². The fourth-order valence-corrected chi connectivity index (χ4v) is 6.34. The molecule has 2 aromatic carbocycles. The Morgan fingerprint density at radius 1 is 1.10 bits per heavy atom. The summed E-state index contributed by atoms with van der Waals surface area (Å²) in [6.45, 7) is 3.06. The Hall–Kier alpha value is -2.79. The van der Waals surface area contributed by atoms with Crippen LogP contribution in [-0.2, 0) is 24.8 Å². The predicted molar refractivity (Wildman–Crippen MR) is 112 cm³/mol. The third kappa shape index (κ3) is 3.94. The van der Waals surface area contributed by atoms with Gasteiger partial charge in [-0.2, -0.15) is 0 Å². The van der Waals surface area contributed by atoms with Crippen LogP contribution in [0.2, 0.25) is 0 Å². The van der Waals surface area contributed by atoms with E-state index in [-0.39, 0.29) is 27.6 Å². The van der Waals surface area contributed by atoms with E-state index in [0.29, 0.717) is 11.5 Å². The van der Waals surface area contributed by atoms with E-state index in [0.717, 1.165) is 4.31 Å². The Morgan fingerprint density at radius 3 is 2.33 bits per heavy atom. The van der Waals surface area contributed by atoms with E-state index in [1.54, 1.807) is 12.1 Å². The maximum absolute atomic E-state index is 13.0. The molecule has 1 atom stereocenters. The van der Waals surface area contributed by atoms with Crippen LogP contribution in [0.25, 0.3) is 0 Å². The van der Waals surface area contributed by atoms with Gasteiger partial charge in [0, 0.05) is 6.07 Å². The van der Waals surface area contributed by atoms with Gasteiger partial charge in [0.1, 0.15) is 11.5 Å². The van der Waals surface area contributed by atoms with Crippen LogP contribution < -0.4 is 18.5 Å². The molecule has 30 heavy (non-hydrogen) atoms. The summed E-state index contributed by atoms with van der Waals surface area (Å²) in [5.41, 5.74) is 0.579. The molecule has 1 aliphatic heterocycles. The summed E-state index contributed by atoms with van der Waals surface area (Å²) >= 11 is 0. The fourth-order valence-electron chi connectivity index (χ4n) is 3.24. The van der Waals surface area contributed by atoms with Gasteiger partial charge in [-0.25, -0.2) is 21.1 Å². The molecule has 9 nitrogen and oxygen atoms in total. The summed E-state index contributed by atoms with van der Waals surface area (Å²) in [4.78, 5) is 12.2. The maximum atomic E-state index is 13.0. The molecule has 1 unspecified atom stereocenters.